The summed E-state index contributed by atoms with van der Waals surface area (Å²) in [4.78, 5) is 10.8. The van der Waals surface area contributed by atoms with Crippen LogP contribution in [0.5, 0.6) is 0 Å². The smallest absolute Gasteiger partial charge is 0.305 e. The summed E-state index contributed by atoms with van der Waals surface area (Å²) in [5, 5.41) is 15.9. The number of hydrogen-bond acceptors (Lipinski definition) is 3. The number of aliphatic carboxylic acids is 1. The van der Waals surface area contributed by atoms with Gasteiger partial charge in [-0.15, -0.1) is 0 Å². The van der Waals surface area contributed by atoms with E-state index in [1.807, 2.05) is 6.07 Å². The highest BCUT2D eigenvalue weighted by atomic mass is 79.9. The molecule has 0 atom stereocenters. The Morgan fingerprint density at radius 2 is 2.29 bits per heavy atom. The third-order valence-electron chi connectivity index (χ3n) is 2.74. The standard InChI is InChI=1S/C11H12BrClN2O2/c12-8-2-1-7(13)3-9(8)15-11(4-10(16)17)5-14-6-11/h1-3,14-15H,4-6H2,(H,16,17). The molecule has 1 heterocycles. The third kappa shape index (κ3) is 2.91. The fraction of sp³-hybridized carbons (Fsp3) is 0.364. The van der Waals surface area contributed by atoms with E-state index in [2.05, 4.69) is 26.6 Å². The lowest BCUT2D eigenvalue weighted by Gasteiger charge is -2.43. The fourth-order valence-electron chi connectivity index (χ4n) is 1.85. The summed E-state index contributed by atoms with van der Waals surface area (Å²) in [7, 11) is 0. The molecule has 6 heteroatoms. The van der Waals surface area contributed by atoms with Crippen molar-refractivity contribution in [1.29, 1.82) is 0 Å². The second kappa shape index (κ2) is 4.84. The lowest BCUT2D eigenvalue weighted by Crippen LogP contribution is -2.65. The van der Waals surface area contributed by atoms with Gasteiger partial charge in [-0.05, 0) is 34.1 Å². The van der Waals surface area contributed by atoms with Gasteiger partial charge in [0.15, 0.2) is 0 Å². The molecule has 0 spiro atoms. The predicted molar refractivity (Wildman–Crippen MR) is 70.6 cm³/mol. The Kier molecular flexibility index (Phi) is 3.61. The molecule has 0 radical (unpaired) electrons. The molecule has 2 rings (SSSR count). The van der Waals surface area contributed by atoms with E-state index in [9.17, 15) is 4.79 Å². The zero-order chi connectivity index (χ0) is 12.5. The van der Waals surface area contributed by atoms with E-state index in [0.717, 1.165) is 10.2 Å². The topological polar surface area (TPSA) is 61.4 Å². The van der Waals surface area contributed by atoms with Crippen LogP contribution in [-0.2, 0) is 4.79 Å². The highest BCUT2D eigenvalue weighted by Crippen LogP contribution is 2.31. The van der Waals surface area contributed by atoms with Crippen molar-refractivity contribution in [3.8, 4) is 0 Å². The van der Waals surface area contributed by atoms with E-state index < -0.39 is 11.5 Å². The summed E-state index contributed by atoms with van der Waals surface area (Å²) in [6.07, 6.45) is 0.0823. The maximum atomic E-state index is 10.8. The molecule has 1 aliphatic heterocycles. The maximum Gasteiger partial charge on any atom is 0.305 e. The molecule has 0 bridgehead atoms. The average molecular weight is 320 g/mol. The van der Waals surface area contributed by atoms with Crippen molar-refractivity contribution in [2.24, 2.45) is 0 Å². The van der Waals surface area contributed by atoms with Gasteiger partial charge >= 0.3 is 5.97 Å². The molecule has 1 aromatic rings. The zero-order valence-electron chi connectivity index (χ0n) is 8.96. The van der Waals surface area contributed by atoms with Gasteiger partial charge in [-0.1, -0.05) is 11.6 Å². The van der Waals surface area contributed by atoms with Crippen LogP contribution in [0.2, 0.25) is 5.02 Å². The first kappa shape index (κ1) is 12.7. The molecule has 1 aliphatic rings. The van der Waals surface area contributed by atoms with E-state index in [0.29, 0.717) is 18.1 Å². The molecule has 92 valence electrons. The summed E-state index contributed by atoms with van der Waals surface area (Å²) in [6.45, 7) is 1.27. The number of rotatable bonds is 4. The van der Waals surface area contributed by atoms with Crippen molar-refractivity contribution < 1.29 is 9.90 Å². The number of carboxylic acids is 1. The molecule has 0 aliphatic carbocycles. The van der Waals surface area contributed by atoms with Crippen molar-refractivity contribution in [3.63, 3.8) is 0 Å². The third-order valence-corrected chi connectivity index (χ3v) is 3.67. The Morgan fingerprint density at radius 3 is 2.82 bits per heavy atom. The molecule has 3 N–H and O–H groups in total. The molecular weight excluding hydrogens is 307 g/mol. The first-order chi connectivity index (χ1) is 8.01. The Morgan fingerprint density at radius 1 is 1.59 bits per heavy atom. The second-order valence-corrected chi connectivity index (χ2v) is 5.49. The van der Waals surface area contributed by atoms with Gasteiger partial charge in [0.2, 0.25) is 0 Å². The van der Waals surface area contributed by atoms with Gasteiger partial charge in [-0.3, -0.25) is 4.79 Å². The minimum absolute atomic E-state index is 0.0823. The number of carbonyl (C=O) groups is 1. The van der Waals surface area contributed by atoms with Crippen LogP contribution < -0.4 is 10.6 Å². The molecule has 0 saturated carbocycles. The van der Waals surface area contributed by atoms with Crippen LogP contribution in [0.4, 0.5) is 5.69 Å². The van der Waals surface area contributed by atoms with Crippen molar-refractivity contribution in [3.05, 3.63) is 27.7 Å². The van der Waals surface area contributed by atoms with Gasteiger partial charge in [0.05, 0.1) is 17.6 Å². The van der Waals surface area contributed by atoms with Crippen molar-refractivity contribution in [1.82, 2.24) is 5.32 Å². The molecular formula is C11H12BrClN2O2. The van der Waals surface area contributed by atoms with E-state index in [-0.39, 0.29) is 6.42 Å². The van der Waals surface area contributed by atoms with Gasteiger partial charge in [-0.25, -0.2) is 0 Å². The molecule has 1 fully saturated rings. The monoisotopic (exact) mass is 318 g/mol. The number of hydrogen-bond donors (Lipinski definition) is 3. The Balaban J connectivity index is 2.18. The molecule has 0 aromatic heterocycles. The zero-order valence-corrected chi connectivity index (χ0v) is 11.3. The van der Waals surface area contributed by atoms with Gasteiger partial charge in [0.1, 0.15) is 0 Å². The lowest BCUT2D eigenvalue weighted by atomic mass is 9.88. The van der Waals surface area contributed by atoms with E-state index in [4.69, 9.17) is 16.7 Å². The lowest BCUT2D eigenvalue weighted by molar-refractivity contribution is -0.138. The van der Waals surface area contributed by atoms with Gasteiger partial charge < -0.3 is 15.7 Å². The van der Waals surface area contributed by atoms with E-state index in [1.54, 1.807) is 12.1 Å². The summed E-state index contributed by atoms with van der Waals surface area (Å²) in [6, 6.07) is 5.40. The SMILES string of the molecule is O=C(O)CC1(Nc2cc(Cl)ccc2Br)CNC1. The van der Waals surface area contributed by atoms with Crippen LogP contribution in [0.1, 0.15) is 6.42 Å². The summed E-state index contributed by atoms with van der Waals surface area (Å²) in [5.74, 6) is -0.808. The summed E-state index contributed by atoms with van der Waals surface area (Å²) >= 11 is 9.33. The highest BCUT2D eigenvalue weighted by molar-refractivity contribution is 9.10. The molecule has 4 nitrogen and oxygen atoms in total. The van der Waals surface area contributed by atoms with Crippen LogP contribution in [0.25, 0.3) is 0 Å². The number of benzene rings is 1. The average Bonchev–Trinajstić information content (AvgIpc) is 2.19. The van der Waals surface area contributed by atoms with Crippen molar-refractivity contribution in [2.45, 2.75) is 12.0 Å². The van der Waals surface area contributed by atoms with Crippen LogP contribution >= 0.6 is 27.5 Å². The Labute approximate surface area is 112 Å². The predicted octanol–water partition coefficient (Wildman–Crippen LogP) is 2.33. The van der Waals surface area contributed by atoms with E-state index in [1.165, 1.54) is 0 Å². The van der Waals surface area contributed by atoms with Gasteiger partial charge in [-0.2, -0.15) is 0 Å². The van der Waals surface area contributed by atoms with Crippen LogP contribution in [-0.4, -0.2) is 29.7 Å². The minimum atomic E-state index is -0.808. The number of carboxylic acid groups (broad SMARTS) is 1. The minimum Gasteiger partial charge on any atom is -0.481 e. The van der Waals surface area contributed by atoms with Crippen LogP contribution in [0, 0.1) is 0 Å². The highest BCUT2D eigenvalue weighted by Gasteiger charge is 2.39. The number of halogens is 2. The quantitative estimate of drug-likeness (QED) is 0.797. The summed E-state index contributed by atoms with van der Waals surface area (Å²) in [5.41, 5.74) is 0.402. The Bertz CT molecular complexity index is 449. The van der Waals surface area contributed by atoms with Gasteiger partial charge in [0, 0.05) is 22.6 Å². The van der Waals surface area contributed by atoms with Crippen molar-refractivity contribution in [2.75, 3.05) is 18.4 Å². The Hall–Kier alpha value is -0.780. The normalized spacial score (nSPS) is 17.3. The molecule has 17 heavy (non-hydrogen) atoms. The second-order valence-electron chi connectivity index (χ2n) is 4.20. The number of nitrogens with one attached hydrogen (secondary N) is 2. The first-order valence-electron chi connectivity index (χ1n) is 5.17. The molecule has 0 unspecified atom stereocenters. The fourth-order valence-corrected chi connectivity index (χ4v) is 2.37. The molecule has 1 aromatic carbocycles. The largest absolute Gasteiger partial charge is 0.481 e. The first-order valence-corrected chi connectivity index (χ1v) is 6.34. The van der Waals surface area contributed by atoms with Crippen LogP contribution in [0.15, 0.2) is 22.7 Å². The number of anilines is 1. The summed E-state index contributed by atoms with van der Waals surface area (Å²) < 4.78 is 0.874. The van der Waals surface area contributed by atoms with Gasteiger partial charge in [0.25, 0.3) is 0 Å². The van der Waals surface area contributed by atoms with E-state index >= 15 is 0 Å². The molecule has 0 amide bonds. The maximum absolute atomic E-state index is 10.8. The van der Waals surface area contributed by atoms with Crippen LogP contribution in [0.3, 0.4) is 0 Å². The molecule has 1 saturated heterocycles. The van der Waals surface area contributed by atoms with Crippen molar-refractivity contribution >= 4 is 39.2 Å².